The van der Waals surface area contributed by atoms with Gasteiger partial charge in [0.05, 0.1) is 5.25 Å². The van der Waals surface area contributed by atoms with Gasteiger partial charge in [-0.3, -0.25) is 9.20 Å². The van der Waals surface area contributed by atoms with E-state index in [1.807, 2.05) is 35.7 Å². The lowest BCUT2D eigenvalue weighted by Crippen LogP contribution is -2.33. The third-order valence-corrected chi connectivity index (χ3v) is 3.68. The van der Waals surface area contributed by atoms with Crippen LogP contribution in [0.2, 0.25) is 0 Å². The molecule has 2 aromatic heterocycles. The number of fused-ring (bicyclic) bond motifs is 1. The minimum atomic E-state index is -0.189. The number of hydrogen-bond donors (Lipinski definition) is 1. The highest BCUT2D eigenvalue weighted by Gasteiger charge is 2.17. The predicted molar refractivity (Wildman–Crippen MR) is 76.2 cm³/mol. The molecule has 0 aliphatic carbocycles. The molecule has 5 nitrogen and oxygen atoms in total. The molecule has 0 unspecified atom stereocenters. The Balaban J connectivity index is 2.02. The fourth-order valence-corrected chi connectivity index (χ4v) is 2.42. The smallest absolute Gasteiger partial charge is 0.233 e. The molecule has 2 rings (SSSR count). The van der Waals surface area contributed by atoms with Gasteiger partial charge >= 0.3 is 0 Å². The van der Waals surface area contributed by atoms with Gasteiger partial charge in [-0.15, -0.1) is 10.2 Å². The highest BCUT2D eigenvalue weighted by molar-refractivity contribution is 8.00. The quantitative estimate of drug-likeness (QED) is 0.850. The fourth-order valence-electron chi connectivity index (χ4n) is 1.56. The molecule has 0 aromatic carbocycles. The van der Waals surface area contributed by atoms with E-state index in [1.54, 1.807) is 0 Å². The molecule has 2 aromatic rings. The van der Waals surface area contributed by atoms with Crippen molar-refractivity contribution in [2.24, 2.45) is 5.92 Å². The molecule has 1 atom stereocenters. The van der Waals surface area contributed by atoms with Crippen LogP contribution >= 0.6 is 11.8 Å². The third-order valence-electron chi connectivity index (χ3n) is 2.62. The summed E-state index contributed by atoms with van der Waals surface area (Å²) in [4.78, 5) is 11.9. The van der Waals surface area contributed by atoms with Crippen LogP contribution in [-0.4, -0.2) is 32.3 Å². The van der Waals surface area contributed by atoms with Gasteiger partial charge in [-0.1, -0.05) is 31.7 Å². The Morgan fingerprint density at radius 1 is 1.37 bits per heavy atom. The summed E-state index contributed by atoms with van der Waals surface area (Å²) in [5.74, 6) is 0.487. The third kappa shape index (κ3) is 3.47. The Morgan fingerprint density at radius 3 is 2.89 bits per heavy atom. The van der Waals surface area contributed by atoms with E-state index in [2.05, 4.69) is 29.4 Å². The van der Waals surface area contributed by atoms with E-state index in [9.17, 15) is 4.79 Å². The molecule has 0 spiro atoms. The fraction of sp³-hybridized carbons (Fsp3) is 0.462. The molecule has 0 aliphatic heterocycles. The number of thioether (sulfide) groups is 1. The molecule has 1 amide bonds. The average molecular weight is 278 g/mol. The van der Waals surface area contributed by atoms with Crippen LogP contribution in [0.5, 0.6) is 0 Å². The zero-order valence-corrected chi connectivity index (χ0v) is 12.1. The van der Waals surface area contributed by atoms with Gasteiger partial charge < -0.3 is 5.32 Å². The second-order valence-electron chi connectivity index (χ2n) is 4.81. The Bertz CT molecular complexity index is 567. The molecule has 102 valence electrons. The van der Waals surface area contributed by atoms with Crippen LogP contribution in [-0.2, 0) is 4.79 Å². The summed E-state index contributed by atoms with van der Waals surface area (Å²) < 4.78 is 1.89. The zero-order valence-electron chi connectivity index (χ0n) is 11.3. The van der Waals surface area contributed by atoms with Gasteiger partial charge in [-0.2, -0.15) is 0 Å². The molecule has 0 saturated carbocycles. The van der Waals surface area contributed by atoms with Crippen molar-refractivity contribution in [1.82, 2.24) is 19.9 Å². The molecule has 0 radical (unpaired) electrons. The monoisotopic (exact) mass is 278 g/mol. The van der Waals surface area contributed by atoms with Crippen LogP contribution in [0.3, 0.4) is 0 Å². The van der Waals surface area contributed by atoms with Crippen molar-refractivity contribution in [2.75, 3.05) is 6.54 Å². The van der Waals surface area contributed by atoms with Gasteiger partial charge in [0.25, 0.3) is 0 Å². The molecule has 1 N–H and O–H groups in total. The minimum absolute atomic E-state index is 0.0337. The van der Waals surface area contributed by atoms with Crippen molar-refractivity contribution >= 4 is 23.3 Å². The van der Waals surface area contributed by atoms with E-state index in [0.717, 1.165) is 10.8 Å². The summed E-state index contributed by atoms with van der Waals surface area (Å²) in [5, 5.41) is 11.6. The van der Waals surface area contributed by atoms with Crippen molar-refractivity contribution < 1.29 is 4.79 Å². The second kappa shape index (κ2) is 6.06. The number of carbonyl (C=O) groups excluding carboxylic acids is 1. The lowest BCUT2D eigenvalue weighted by molar-refractivity contribution is -0.120. The second-order valence-corrected chi connectivity index (χ2v) is 6.12. The average Bonchev–Trinajstić information content (AvgIpc) is 2.79. The normalized spacial score (nSPS) is 12.8. The topological polar surface area (TPSA) is 59.3 Å². The standard InChI is InChI=1S/C13H18N4OS/c1-9(2)8-14-12(18)10(3)19-13-16-15-11-6-4-5-7-17(11)13/h4-7,9-10H,8H2,1-3H3,(H,14,18)/t10-/m1/s1. The summed E-state index contributed by atoms with van der Waals surface area (Å²) >= 11 is 1.42. The van der Waals surface area contributed by atoms with Gasteiger partial charge in [0.1, 0.15) is 0 Å². The number of nitrogens with zero attached hydrogens (tertiary/aromatic N) is 3. The number of aromatic nitrogens is 3. The van der Waals surface area contributed by atoms with Crippen molar-refractivity contribution in [3.05, 3.63) is 24.4 Å². The number of pyridine rings is 1. The van der Waals surface area contributed by atoms with Crippen LogP contribution in [0, 0.1) is 5.92 Å². The lowest BCUT2D eigenvalue weighted by atomic mass is 10.2. The molecule has 0 saturated heterocycles. The van der Waals surface area contributed by atoms with E-state index in [-0.39, 0.29) is 11.2 Å². The largest absolute Gasteiger partial charge is 0.355 e. The summed E-state index contributed by atoms with van der Waals surface area (Å²) in [6.45, 7) is 6.73. The number of rotatable bonds is 5. The summed E-state index contributed by atoms with van der Waals surface area (Å²) in [6, 6.07) is 5.72. The van der Waals surface area contributed by atoms with E-state index in [4.69, 9.17) is 0 Å². The van der Waals surface area contributed by atoms with Gasteiger partial charge in [0.15, 0.2) is 10.8 Å². The van der Waals surface area contributed by atoms with Crippen molar-refractivity contribution in [3.63, 3.8) is 0 Å². The first-order chi connectivity index (χ1) is 9.08. The number of amides is 1. The van der Waals surface area contributed by atoms with E-state index < -0.39 is 0 Å². The predicted octanol–water partition coefficient (Wildman–Crippen LogP) is 1.98. The van der Waals surface area contributed by atoms with Crippen molar-refractivity contribution in [3.8, 4) is 0 Å². The highest BCUT2D eigenvalue weighted by atomic mass is 32.2. The van der Waals surface area contributed by atoms with Gasteiger partial charge in [-0.05, 0) is 25.0 Å². The molecular weight excluding hydrogens is 260 g/mol. The highest BCUT2D eigenvalue weighted by Crippen LogP contribution is 2.21. The summed E-state index contributed by atoms with van der Waals surface area (Å²) in [6.07, 6.45) is 1.90. The van der Waals surface area contributed by atoms with E-state index in [1.165, 1.54) is 11.8 Å². The Kier molecular flexibility index (Phi) is 4.42. The molecule has 0 fully saturated rings. The molecule has 2 heterocycles. The van der Waals surface area contributed by atoms with Gasteiger partial charge in [-0.25, -0.2) is 0 Å². The maximum absolute atomic E-state index is 11.9. The van der Waals surface area contributed by atoms with Crippen molar-refractivity contribution in [2.45, 2.75) is 31.2 Å². The Morgan fingerprint density at radius 2 is 2.16 bits per heavy atom. The first kappa shape index (κ1) is 13.9. The van der Waals surface area contributed by atoms with Crippen LogP contribution in [0.15, 0.2) is 29.6 Å². The van der Waals surface area contributed by atoms with Crippen molar-refractivity contribution in [1.29, 1.82) is 0 Å². The van der Waals surface area contributed by atoms with E-state index in [0.29, 0.717) is 12.5 Å². The Labute approximate surface area is 116 Å². The van der Waals surface area contributed by atoms with Gasteiger partial charge in [0, 0.05) is 12.7 Å². The van der Waals surface area contributed by atoms with Crippen LogP contribution < -0.4 is 5.32 Å². The molecular formula is C13H18N4OS. The number of carbonyl (C=O) groups is 1. The SMILES string of the molecule is CC(C)CNC(=O)[C@@H](C)Sc1nnc2ccccn12. The van der Waals surface area contributed by atoms with Crippen LogP contribution in [0.1, 0.15) is 20.8 Å². The van der Waals surface area contributed by atoms with Gasteiger partial charge in [0.2, 0.25) is 5.91 Å². The number of nitrogens with one attached hydrogen (secondary N) is 1. The Hall–Kier alpha value is -1.56. The number of hydrogen-bond acceptors (Lipinski definition) is 4. The first-order valence-electron chi connectivity index (χ1n) is 6.32. The molecule has 0 aliphatic rings. The zero-order chi connectivity index (χ0) is 13.8. The van der Waals surface area contributed by atoms with Crippen LogP contribution in [0.25, 0.3) is 5.65 Å². The molecule has 0 bridgehead atoms. The minimum Gasteiger partial charge on any atom is -0.355 e. The molecule has 19 heavy (non-hydrogen) atoms. The first-order valence-corrected chi connectivity index (χ1v) is 7.20. The maximum Gasteiger partial charge on any atom is 0.233 e. The summed E-state index contributed by atoms with van der Waals surface area (Å²) in [5.41, 5.74) is 0.791. The van der Waals surface area contributed by atoms with Crippen LogP contribution in [0.4, 0.5) is 0 Å². The maximum atomic E-state index is 11.9. The molecule has 6 heteroatoms. The lowest BCUT2D eigenvalue weighted by Gasteiger charge is -2.12. The van der Waals surface area contributed by atoms with E-state index >= 15 is 0 Å². The summed E-state index contributed by atoms with van der Waals surface area (Å²) in [7, 11) is 0.